The van der Waals surface area contributed by atoms with Gasteiger partial charge in [0.15, 0.2) is 0 Å². The highest BCUT2D eigenvalue weighted by Crippen LogP contribution is 2.29. The minimum atomic E-state index is -4.36. The molecule has 0 aliphatic rings. The predicted octanol–water partition coefficient (Wildman–Crippen LogP) is 3.25. The van der Waals surface area contributed by atoms with Crippen LogP contribution >= 0.6 is 0 Å². The van der Waals surface area contributed by atoms with Crippen molar-refractivity contribution < 1.29 is 23.1 Å². The van der Waals surface area contributed by atoms with Crippen molar-refractivity contribution in [3.05, 3.63) is 59.4 Å². The van der Waals surface area contributed by atoms with E-state index in [2.05, 4.69) is 0 Å². The van der Waals surface area contributed by atoms with E-state index in [1.54, 1.807) is 12.3 Å². The zero-order valence-electron chi connectivity index (χ0n) is 9.69. The third kappa shape index (κ3) is 2.96. The lowest BCUT2D eigenvalue weighted by atomic mass is 10.1. The zero-order valence-corrected chi connectivity index (χ0v) is 9.69. The van der Waals surface area contributed by atoms with Gasteiger partial charge in [-0.1, -0.05) is 12.1 Å². The first-order valence-electron chi connectivity index (χ1n) is 5.42. The molecule has 0 aliphatic carbocycles. The van der Waals surface area contributed by atoms with Gasteiger partial charge in [0, 0.05) is 12.7 Å². The summed E-state index contributed by atoms with van der Waals surface area (Å²) in [5.41, 5.74) is -0.0196. The van der Waals surface area contributed by atoms with Crippen LogP contribution in [0.5, 0.6) is 0 Å². The van der Waals surface area contributed by atoms with Crippen LogP contribution in [0.15, 0.2) is 42.6 Å². The van der Waals surface area contributed by atoms with Gasteiger partial charge in [-0.05, 0) is 29.8 Å². The molecule has 19 heavy (non-hydrogen) atoms. The molecule has 6 heteroatoms. The largest absolute Gasteiger partial charge is 0.477 e. The Morgan fingerprint density at radius 1 is 1.16 bits per heavy atom. The van der Waals surface area contributed by atoms with E-state index in [1.807, 2.05) is 0 Å². The highest BCUT2D eigenvalue weighted by molar-refractivity contribution is 5.85. The summed E-state index contributed by atoms with van der Waals surface area (Å²) in [5.74, 6) is -1.07. The smallest absolute Gasteiger partial charge is 0.416 e. The van der Waals surface area contributed by atoms with Gasteiger partial charge in [0.25, 0.3) is 0 Å². The summed E-state index contributed by atoms with van der Waals surface area (Å²) < 4.78 is 38.6. The van der Waals surface area contributed by atoms with Crippen molar-refractivity contribution in [3.63, 3.8) is 0 Å². The normalized spacial score (nSPS) is 11.5. The van der Waals surface area contributed by atoms with Crippen LogP contribution in [0.25, 0.3) is 0 Å². The molecule has 3 nitrogen and oxygen atoms in total. The van der Waals surface area contributed by atoms with Crippen molar-refractivity contribution in [3.8, 4) is 0 Å². The van der Waals surface area contributed by atoms with E-state index in [9.17, 15) is 18.0 Å². The molecule has 0 amide bonds. The monoisotopic (exact) mass is 269 g/mol. The molecule has 1 heterocycles. The molecule has 2 aromatic rings. The number of aromatic nitrogens is 1. The van der Waals surface area contributed by atoms with Crippen LogP contribution in [0.3, 0.4) is 0 Å². The Balaban J connectivity index is 2.20. The number of hydrogen-bond donors (Lipinski definition) is 1. The van der Waals surface area contributed by atoms with E-state index in [0.29, 0.717) is 5.56 Å². The van der Waals surface area contributed by atoms with Crippen LogP contribution in [-0.4, -0.2) is 15.6 Å². The van der Waals surface area contributed by atoms with E-state index in [4.69, 9.17) is 5.11 Å². The first-order valence-corrected chi connectivity index (χ1v) is 5.42. The number of carboxylic acid groups (broad SMARTS) is 1. The molecular weight excluding hydrogens is 259 g/mol. The summed E-state index contributed by atoms with van der Waals surface area (Å²) in [4.78, 5) is 10.9. The van der Waals surface area contributed by atoms with E-state index in [0.717, 1.165) is 12.1 Å². The second-order valence-corrected chi connectivity index (χ2v) is 4.02. The summed E-state index contributed by atoms with van der Waals surface area (Å²) in [6.07, 6.45) is -2.79. The van der Waals surface area contributed by atoms with Crippen molar-refractivity contribution in [1.29, 1.82) is 0 Å². The minimum absolute atomic E-state index is 0.0971. The molecule has 0 fully saturated rings. The Morgan fingerprint density at radius 3 is 2.32 bits per heavy atom. The SMILES string of the molecule is O=C(O)c1cccn1Cc1ccc(C(F)(F)F)cc1. The number of aromatic carboxylic acids is 1. The second-order valence-electron chi connectivity index (χ2n) is 4.02. The van der Waals surface area contributed by atoms with Crippen molar-refractivity contribution in [2.75, 3.05) is 0 Å². The highest BCUT2D eigenvalue weighted by Gasteiger charge is 2.29. The van der Waals surface area contributed by atoms with Crippen LogP contribution in [0.1, 0.15) is 21.6 Å². The first-order chi connectivity index (χ1) is 8.88. The Hall–Kier alpha value is -2.24. The number of halogens is 3. The maximum absolute atomic E-state index is 12.4. The van der Waals surface area contributed by atoms with Gasteiger partial charge in [0.1, 0.15) is 5.69 Å². The van der Waals surface area contributed by atoms with Gasteiger partial charge >= 0.3 is 12.1 Å². The lowest BCUT2D eigenvalue weighted by molar-refractivity contribution is -0.137. The third-order valence-corrected chi connectivity index (χ3v) is 2.68. The number of rotatable bonds is 3. The van der Waals surface area contributed by atoms with Crippen LogP contribution in [0, 0.1) is 0 Å². The fourth-order valence-corrected chi connectivity index (χ4v) is 1.74. The van der Waals surface area contributed by atoms with Gasteiger partial charge in [0.2, 0.25) is 0 Å². The molecule has 0 unspecified atom stereocenters. The molecule has 0 saturated heterocycles. The quantitative estimate of drug-likeness (QED) is 0.929. The lowest BCUT2D eigenvalue weighted by Crippen LogP contribution is -2.09. The molecule has 1 aromatic carbocycles. The zero-order chi connectivity index (χ0) is 14.0. The van der Waals surface area contributed by atoms with Crippen molar-refractivity contribution >= 4 is 5.97 Å². The van der Waals surface area contributed by atoms with Crippen LogP contribution in [0.2, 0.25) is 0 Å². The third-order valence-electron chi connectivity index (χ3n) is 2.68. The van der Waals surface area contributed by atoms with E-state index < -0.39 is 17.7 Å². The highest BCUT2D eigenvalue weighted by atomic mass is 19.4. The molecular formula is C13H10F3NO2. The Bertz CT molecular complexity index is 585. The Labute approximate surface area is 106 Å². The van der Waals surface area contributed by atoms with Gasteiger partial charge < -0.3 is 9.67 Å². The van der Waals surface area contributed by atoms with Crippen molar-refractivity contribution in [1.82, 2.24) is 4.57 Å². The maximum Gasteiger partial charge on any atom is 0.416 e. The molecule has 0 radical (unpaired) electrons. The summed E-state index contributed by atoms with van der Waals surface area (Å²) in [7, 11) is 0. The Kier molecular flexibility index (Phi) is 3.33. The molecule has 0 atom stereocenters. The minimum Gasteiger partial charge on any atom is -0.477 e. The first kappa shape index (κ1) is 13.2. The topological polar surface area (TPSA) is 42.2 Å². The summed E-state index contributed by atoms with van der Waals surface area (Å²) >= 11 is 0. The van der Waals surface area contributed by atoms with Crippen molar-refractivity contribution in [2.24, 2.45) is 0 Å². The van der Waals surface area contributed by atoms with E-state index in [-0.39, 0.29) is 12.2 Å². The Morgan fingerprint density at radius 2 is 1.79 bits per heavy atom. The van der Waals surface area contributed by atoms with E-state index in [1.165, 1.54) is 22.8 Å². The molecule has 0 spiro atoms. The fraction of sp³-hybridized carbons (Fsp3) is 0.154. The lowest BCUT2D eigenvalue weighted by Gasteiger charge is -2.09. The number of carboxylic acids is 1. The van der Waals surface area contributed by atoms with Crippen LogP contribution < -0.4 is 0 Å². The molecule has 0 saturated carbocycles. The van der Waals surface area contributed by atoms with Gasteiger partial charge in [0.05, 0.1) is 5.56 Å². The number of hydrogen-bond acceptors (Lipinski definition) is 1. The molecule has 0 aliphatic heterocycles. The average molecular weight is 269 g/mol. The van der Waals surface area contributed by atoms with Crippen LogP contribution in [0.4, 0.5) is 13.2 Å². The second kappa shape index (κ2) is 4.79. The summed E-state index contributed by atoms with van der Waals surface area (Å²) in [5, 5.41) is 8.91. The van der Waals surface area contributed by atoms with E-state index >= 15 is 0 Å². The molecule has 1 N–H and O–H groups in total. The summed E-state index contributed by atoms with van der Waals surface area (Å²) in [6.45, 7) is 0.215. The predicted molar refractivity (Wildman–Crippen MR) is 61.9 cm³/mol. The van der Waals surface area contributed by atoms with Crippen LogP contribution in [-0.2, 0) is 12.7 Å². The van der Waals surface area contributed by atoms with Gasteiger partial charge in [-0.25, -0.2) is 4.79 Å². The van der Waals surface area contributed by atoms with Gasteiger partial charge in [-0.15, -0.1) is 0 Å². The molecule has 0 bridgehead atoms. The number of carbonyl (C=O) groups is 1. The maximum atomic E-state index is 12.4. The van der Waals surface area contributed by atoms with Gasteiger partial charge in [-0.2, -0.15) is 13.2 Å². The number of alkyl halides is 3. The molecule has 1 aromatic heterocycles. The standard InChI is InChI=1S/C13H10F3NO2/c14-13(15,16)10-5-3-9(4-6-10)8-17-7-1-2-11(17)12(18)19/h1-7H,8H2,(H,18,19). The number of benzene rings is 1. The summed E-state index contributed by atoms with van der Waals surface area (Å²) in [6, 6.07) is 7.67. The fourth-order valence-electron chi connectivity index (χ4n) is 1.74. The van der Waals surface area contributed by atoms with Crippen molar-refractivity contribution in [2.45, 2.75) is 12.7 Å². The average Bonchev–Trinajstić information content (AvgIpc) is 2.77. The van der Waals surface area contributed by atoms with Gasteiger partial charge in [-0.3, -0.25) is 0 Å². The molecule has 100 valence electrons. The number of nitrogens with zero attached hydrogens (tertiary/aromatic N) is 1. The molecule has 2 rings (SSSR count).